The summed E-state index contributed by atoms with van der Waals surface area (Å²) in [4.78, 5) is 22.0. The highest BCUT2D eigenvalue weighted by atomic mass is 32.1. The quantitative estimate of drug-likeness (QED) is 0.863. The van der Waals surface area contributed by atoms with E-state index in [1.807, 2.05) is 54.1 Å². The van der Waals surface area contributed by atoms with E-state index < -0.39 is 0 Å². The number of likely N-dealkylation sites (tertiary alicyclic amines) is 1. The maximum Gasteiger partial charge on any atom is 0.265 e. The molecule has 1 amide bonds. The van der Waals surface area contributed by atoms with E-state index in [4.69, 9.17) is 0 Å². The van der Waals surface area contributed by atoms with Crippen LogP contribution < -0.4 is 4.90 Å². The summed E-state index contributed by atoms with van der Waals surface area (Å²) < 4.78 is 0. The third-order valence-electron chi connectivity index (χ3n) is 4.05. The number of benzene rings is 1. The highest BCUT2D eigenvalue weighted by molar-refractivity contribution is 7.17. The molecule has 1 saturated heterocycles. The van der Waals surface area contributed by atoms with Crippen LogP contribution in [-0.4, -0.2) is 35.9 Å². The molecule has 0 radical (unpaired) electrons. The molecule has 0 saturated carbocycles. The number of para-hydroxylation sites is 1. The van der Waals surface area contributed by atoms with Gasteiger partial charge in [-0.15, -0.1) is 0 Å². The predicted octanol–water partition coefficient (Wildman–Crippen LogP) is 3.85. The van der Waals surface area contributed by atoms with E-state index in [2.05, 4.69) is 4.98 Å². The van der Waals surface area contributed by atoms with Gasteiger partial charge in [0.05, 0.1) is 5.69 Å². The summed E-state index contributed by atoms with van der Waals surface area (Å²) in [6.07, 6.45) is 3.45. The number of carbonyl (C=O) groups is 1. The van der Waals surface area contributed by atoms with Gasteiger partial charge < -0.3 is 9.80 Å². The third kappa shape index (κ3) is 2.99. The number of thiazole rings is 1. The maximum absolute atomic E-state index is 12.7. The van der Waals surface area contributed by atoms with Crippen LogP contribution in [0.3, 0.4) is 0 Å². The summed E-state index contributed by atoms with van der Waals surface area (Å²) in [5.41, 5.74) is 1.91. The van der Waals surface area contributed by atoms with Crippen molar-refractivity contribution in [2.45, 2.75) is 26.2 Å². The molecule has 0 N–H and O–H groups in total. The number of hydrogen-bond acceptors (Lipinski definition) is 4. The molecule has 1 aromatic carbocycles. The van der Waals surface area contributed by atoms with E-state index in [9.17, 15) is 4.79 Å². The number of nitrogens with zero attached hydrogens (tertiary/aromatic N) is 3. The van der Waals surface area contributed by atoms with E-state index >= 15 is 0 Å². The number of carbonyl (C=O) groups excluding carboxylic acids is 1. The fraction of sp³-hybridized carbons (Fsp3) is 0.412. The van der Waals surface area contributed by atoms with Crippen LogP contribution in [0.15, 0.2) is 30.3 Å². The van der Waals surface area contributed by atoms with E-state index in [1.54, 1.807) is 0 Å². The highest BCUT2D eigenvalue weighted by Crippen LogP contribution is 2.31. The standard InChI is InChI=1S/C17H21N3OS/c1-13-15(16(21)20-11-7-4-8-12-20)22-17(18-13)19(2)14-9-5-3-6-10-14/h3,5-6,9-10H,4,7-8,11-12H2,1-2H3. The molecule has 3 rings (SSSR count). The smallest absolute Gasteiger partial charge is 0.265 e. The maximum atomic E-state index is 12.7. The van der Waals surface area contributed by atoms with Gasteiger partial charge in [0.25, 0.3) is 5.91 Å². The number of aryl methyl sites for hydroxylation is 1. The zero-order valence-electron chi connectivity index (χ0n) is 13.1. The van der Waals surface area contributed by atoms with Crippen LogP contribution in [0, 0.1) is 6.92 Å². The van der Waals surface area contributed by atoms with Gasteiger partial charge in [0.1, 0.15) is 4.88 Å². The number of amides is 1. The Morgan fingerprint density at radius 3 is 2.55 bits per heavy atom. The second-order valence-corrected chi connectivity index (χ2v) is 6.64. The topological polar surface area (TPSA) is 36.4 Å². The molecule has 1 aliphatic heterocycles. The Balaban J connectivity index is 1.83. The molecule has 0 spiro atoms. The number of piperidine rings is 1. The monoisotopic (exact) mass is 315 g/mol. The molecule has 5 heteroatoms. The summed E-state index contributed by atoms with van der Waals surface area (Å²) in [7, 11) is 1.99. The fourth-order valence-electron chi connectivity index (χ4n) is 2.73. The number of aromatic nitrogens is 1. The minimum atomic E-state index is 0.141. The van der Waals surface area contributed by atoms with Crippen molar-refractivity contribution in [2.24, 2.45) is 0 Å². The van der Waals surface area contributed by atoms with Gasteiger partial charge in [-0.3, -0.25) is 4.79 Å². The number of anilines is 2. The summed E-state index contributed by atoms with van der Waals surface area (Å²) >= 11 is 1.49. The van der Waals surface area contributed by atoms with Crippen LogP contribution in [0.25, 0.3) is 0 Å². The summed E-state index contributed by atoms with van der Waals surface area (Å²) in [6, 6.07) is 10.1. The van der Waals surface area contributed by atoms with Gasteiger partial charge in [0, 0.05) is 25.8 Å². The van der Waals surface area contributed by atoms with Crippen LogP contribution in [0.2, 0.25) is 0 Å². The molecule has 1 fully saturated rings. The summed E-state index contributed by atoms with van der Waals surface area (Å²) in [5, 5.41) is 0.865. The van der Waals surface area contributed by atoms with E-state index in [-0.39, 0.29) is 5.91 Å². The fourth-order valence-corrected chi connectivity index (χ4v) is 3.74. The largest absolute Gasteiger partial charge is 0.338 e. The molecule has 22 heavy (non-hydrogen) atoms. The predicted molar refractivity (Wildman–Crippen MR) is 91.1 cm³/mol. The Morgan fingerprint density at radius 1 is 1.18 bits per heavy atom. The lowest BCUT2D eigenvalue weighted by Gasteiger charge is -2.26. The first kappa shape index (κ1) is 15.0. The van der Waals surface area contributed by atoms with Crippen molar-refractivity contribution in [3.63, 3.8) is 0 Å². The zero-order valence-corrected chi connectivity index (χ0v) is 13.9. The van der Waals surface area contributed by atoms with E-state index in [0.29, 0.717) is 0 Å². The van der Waals surface area contributed by atoms with Gasteiger partial charge in [-0.05, 0) is 38.3 Å². The minimum Gasteiger partial charge on any atom is -0.338 e. The molecule has 4 nitrogen and oxygen atoms in total. The first-order valence-electron chi connectivity index (χ1n) is 7.72. The number of rotatable bonds is 3. The lowest BCUT2D eigenvalue weighted by molar-refractivity contribution is 0.0728. The highest BCUT2D eigenvalue weighted by Gasteiger charge is 2.23. The van der Waals surface area contributed by atoms with Crippen LogP contribution >= 0.6 is 11.3 Å². The Morgan fingerprint density at radius 2 is 1.86 bits per heavy atom. The van der Waals surface area contributed by atoms with Gasteiger partial charge >= 0.3 is 0 Å². The molecular formula is C17H21N3OS. The zero-order chi connectivity index (χ0) is 15.5. The molecule has 1 aliphatic rings. The summed E-state index contributed by atoms with van der Waals surface area (Å²) in [5.74, 6) is 0.141. The van der Waals surface area contributed by atoms with Gasteiger partial charge in [-0.2, -0.15) is 0 Å². The van der Waals surface area contributed by atoms with Gasteiger partial charge in [0.2, 0.25) is 0 Å². The first-order chi connectivity index (χ1) is 10.7. The van der Waals surface area contributed by atoms with Crippen LogP contribution in [0.1, 0.15) is 34.6 Å². The van der Waals surface area contributed by atoms with Crippen molar-refractivity contribution >= 4 is 28.1 Å². The molecule has 0 bridgehead atoms. The second-order valence-electron chi connectivity index (χ2n) is 5.66. The first-order valence-corrected chi connectivity index (χ1v) is 8.54. The summed E-state index contributed by atoms with van der Waals surface area (Å²) in [6.45, 7) is 3.68. The van der Waals surface area contributed by atoms with Crippen LogP contribution in [-0.2, 0) is 0 Å². The molecule has 0 atom stereocenters. The van der Waals surface area contributed by atoms with Crippen molar-refractivity contribution in [3.05, 3.63) is 40.9 Å². The normalized spacial score (nSPS) is 14.9. The average Bonchev–Trinajstić information content (AvgIpc) is 2.97. The molecule has 2 aromatic rings. The Hall–Kier alpha value is -1.88. The Kier molecular flexibility index (Phi) is 4.43. The lowest BCUT2D eigenvalue weighted by atomic mass is 10.1. The van der Waals surface area contributed by atoms with E-state index in [0.717, 1.165) is 47.3 Å². The molecular weight excluding hydrogens is 294 g/mol. The SMILES string of the molecule is Cc1nc(N(C)c2ccccc2)sc1C(=O)N1CCCCC1. The molecule has 2 heterocycles. The molecule has 0 unspecified atom stereocenters. The van der Waals surface area contributed by atoms with E-state index in [1.165, 1.54) is 17.8 Å². The molecule has 0 aliphatic carbocycles. The lowest BCUT2D eigenvalue weighted by Crippen LogP contribution is -2.35. The van der Waals surface area contributed by atoms with Gasteiger partial charge in [0.15, 0.2) is 5.13 Å². The Labute approximate surface area is 135 Å². The van der Waals surface area contributed by atoms with Crippen molar-refractivity contribution in [3.8, 4) is 0 Å². The molecule has 116 valence electrons. The van der Waals surface area contributed by atoms with Crippen molar-refractivity contribution < 1.29 is 4.79 Å². The van der Waals surface area contributed by atoms with Crippen molar-refractivity contribution in [2.75, 3.05) is 25.0 Å². The van der Waals surface area contributed by atoms with Crippen LogP contribution in [0.5, 0.6) is 0 Å². The van der Waals surface area contributed by atoms with Gasteiger partial charge in [-0.25, -0.2) is 4.98 Å². The molecule has 1 aromatic heterocycles. The second kappa shape index (κ2) is 6.48. The Bertz CT molecular complexity index is 647. The average molecular weight is 315 g/mol. The third-order valence-corrected chi connectivity index (χ3v) is 5.28. The van der Waals surface area contributed by atoms with Crippen molar-refractivity contribution in [1.29, 1.82) is 0 Å². The van der Waals surface area contributed by atoms with Crippen molar-refractivity contribution in [1.82, 2.24) is 9.88 Å². The number of hydrogen-bond donors (Lipinski definition) is 0. The van der Waals surface area contributed by atoms with Crippen LogP contribution in [0.4, 0.5) is 10.8 Å². The minimum absolute atomic E-state index is 0.141. The van der Waals surface area contributed by atoms with Gasteiger partial charge in [-0.1, -0.05) is 29.5 Å².